The van der Waals surface area contributed by atoms with E-state index in [0.29, 0.717) is 29.7 Å². The molecule has 156 valence electrons. The zero-order valence-corrected chi connectivity index (χ0v) is 17.1. The van der Waals surface area contributed by atoms with E-state index < -0.39 is 17.5 Å². The van der Waals surface area contributed by atoms with Gasteiger partial charge in [0, 0.05) is 17.7 Å². The van der Waals surface area contributed by atoms with E-state index in [2.05, 4.69) is 10.6 Å². The van der Waals surface area contributed by atoms with Gasteiger partial charge in [-0.25, -0.2) is 4.79 Å². The highest BCUT2D eigenvalue weighted by atomic mass is 16.2. The highest BCUT2D eigenvalue weighted by Crippen LogP contribution is 2.32. The second kappa shape index (κ2) is 8.90. The molecule has 0 aromatic heterocycles. The van der Waals surface area contributed by atoms with Gasteiger partial charge in [0.2, 0.25) is 5.91 Å². The van der Waals surface area contributed by atoms with Gasteiger partial charge in [-0.3, -0.25) is 19.3 Å². The summed E-state index contributed by atoms with van der Waals surface area (Å²) in [5, 5.41) is 5.52. The van der Waals surface area contributed by atoms with Crippen molar-refractivity contribution in [2.75, 3.05) is 11.9 Å². The number of rotatable bonds is 8. The standard InChI is InChI=1S/C23H25N3O4/c1-3-8-20(28)24-18-13-11-16(12-14-18)19(27)15-26-21(29)23(4-2,25-22(26)30)17-9-6-5-7-10-17/h5-7,9-14H,3-4,8,15H2,1-2H3,(H,24,28)(H,25,30). The molecule has 2 aromatic rings. The number of imide groups is 1. The van der Waals surface area contributed by atoms with Crippen LogP contribution in [0, 0.1) is 0 Å². The Kier molecular flexibility index (Phi) is 6.30. The molecule has 3 rings (SSSR count). The van der Waals surface area contributed by atoms with E-state index in [1.807, 2.05) is 19.9 Å². The Labute approximate surface area is 175 Å². The minimum atomic E-state index is -1.16. The third-order valence-electron chi connectivity index (χ3n) is 5.24. The van der Waals surface area contributed by atoms with Crippen molar-refractivity contribution in [3.8, 4) is 0 Å². The van der Waals surface area contributed by atoms with E-state index in [4.69, 9.17) is 0 Å². The van der Waals surface area contributed by atoms with Gasteiger partial charge < -0.3 is 10.6 Å². The summed E-state index contributed by atoms with van der Waals surface area (Å²) in [5.41, 5.74) is 0.478. The summed E-state index contributed by atoms with van der Waals surface area (Å²) >= 11 is 0. The number of amides is 4. The quantitative estimate of drug-likeness (QED) is 0.517. The summed E-state index contributed by atoms with van der Waals surface area (Å²) in [6.07, 6.45) is 1.54. The van der Waals surface area contributed by atoms with E-state index in [-0.39, 0.29) is 18.2 Å². The zero-order chi connectivity index (χ0) is 21.7. The fourth-order valence-corrected chi connectivity index (χ4v) is 3.56. The monoisotopic (exact) mass is 407 g/mol. The molecule has 0 aliphatic carbocycles. The SMILES string of the molecule is CCCC(=O)Nc1ccc(C(=O)CN2C(=O)NC(CC)(c3ccccc3)C2=O)cc1. The lowest BCUT2D eigenvalue weighted by atomic mass is 9.87. The molecule has 30 heavy (non-hydrogen) atoms. The number of hydrogen-bond acceptors (Lipinski definition) is 4. The van der Waals surface area contributed by atoms with Crippen molar-refractivity contribution < 1.29 is 19.2 Å². The van der Waals surface area contributed by atoms with Crippen molar-refractivity contribution in [2.45, 2.75) is 38.6 Å². The number of Topliss-reactive ketones (excluding diaryl/α,β-unsaturated/α-hetero) is 1. The molecule has 1 heterocycles. The molecule has 1 fully saturated rings. The first-order chi connectivity index (χ1) is 14.4. The molecule has 4 amide bonds. The van der Waals surface area contributed by atoms with Gasteiger partial charge in [0.1, 0.15) is 5.54 Å². The smallest absolute Gasteiger partial charge is 0.325 e. The largest absolute Gasteiger partial charge is 0.326 e. The second-order valence-corrected chi connectivity index (χ2v) is 7.25. The average Bonchev–Trinajstić information content (AvgIpc) is 3.00. The summed E-state index contributed by atoms with van der Waals surface area (Å²) in [4.78, 5) is 51.0. The summed E-state index contributed by atoms with van der Waals surface area (Å²) in [6, 6.07) is 14.9. The van der Waals surface area contributed by atoms with E-state index in [1.165, 1.54) is 0 Å². The highest BCUT2D eigenvalue weighted by molar-refractivity contribution is 6.11. The molecule has 0 saturated carbocycles. The Bertz CT molecular complexity index is 956. The Morgan fingerprint density at radius 3 is 2.27 bits per heavy atom. The lowest BCUT2D eigenvalue weighted by molar-refractivity contribution is -0.131. The van der Waals surface area contributed by atoms with E-state index in [0.717, 1.165) is 11.3 Å². The first-order valence-electron chi connectivity index (χ1n) is 10.0. The van der Waals surface area contributed by atoms with Crippen LogP contribution in [-0.4, -0.2) is 35.1 Å². The van der Waals surface area contributed by atoms with Gasteiger partial charge in [0.15, 0.2) is 5.78 Å². The predicted octanol–water partition coefficient (Wildman–Crippen LogP) is 3.47. The summed E-state index contributed by atoms with van der Waals surface area (Å²) in [6.45, 7) is 3.39. The fourth-order valence-electron chi connectivity index (χ4n) is 3.56. The number of carbonyl (C=O) groups is 4. The summed E-state index contributed by atoms with van der Waals surface area (Å²) < 4.78 is 0. The third kappa shape index (κ3) is 4.10. The van der Waals surface area contributed by atoms with Crippen LogP contribution in [0.25, 0.3) is 0 Å². The molecule has 1 aliphatic rings. The van der Waals surface area contributed by atoms with Crippen molar-refractivity contribution in [3.63, 3.8) is 0 Å². The molecule has 1 saturated heterocycles. The number of benzene rings is 2. The van der Waals surface area contributed by atoms with Crippen LogP contribution in [0.3, 0.4) is 0 Å². The van der Waals surface area contributed by atoms with Crippen molar-refractivity contribution in [1.29, 1.82) is 0 Å². The fraction of sp³-hybridized carbons (Fsp3) is 0.304. The van der Waals surface area contributed by atoms with Crippen molar-refractivity contribution in [2.24, 2.45) is 0 Å². The number of ketones is 1. The number of nitrogens with zero attached hydrogens (tertiary/aromatic N) is 1. The molecule has 2 N–H and O–H groups in total. The Morgan fingerprint density at radius 1 is 1.00 bits per heavy atom. The Morgan fingerprint density at radius 2 is 1.67 bits per heavy atom. The minimum absolute atomic E-state index is 0.0901. The molecule has 2 aromatic carbocycles. The molecule has 0 bridgehead atoms. The molecule has 1 unspecified atom stereocenters. The molecule has 7 heteroatoms. The molecule has 1 aliphatic heterocycles. The molecule has 1 atom stereocenters. The Hall–Kier alpha value is -3.48. The Balaban J connectivity index is 1.73. The second-order valence-electron chi connectivity index (χ2n) is 7.25. The zero-order valence-electron chi connectivity index (χ0n) is 17.1. The van der Waals surface area contributed by atoms with Crippen molar-refractivity contribution in [3.05, 3.63) is 65.7 Å². The van der Waals surface area contributed by atoms with Crippen LogP contribution >= 0.6 is 0 Å². The van der Waals surface area contributed by atoms with Crippen LogP contribution < -0.4 is 10.6 Å². The van der Waals surface area contributed by atoms with Crippen molar-refractivity contribution in [1.82, 2.24) is 10.2 Å². The van der Waals surface area contributed by atoms with E-state index in [9.17, 15) is 19.2 Å². The lowest BCUT2D eigenvalue weighted by Gasteiger charge is -2.25. The predicted molar refractivity (Wildman–Crippen MR) is 113 cm³/mol. The lowest BCUT2D eigenvalue weighted by Crippen LogP contribution is -2.43. The maximum atomic E-state index is 13.1. The van der Waals surface area contributed by atoms with Gasteiger partial charge in [0.25, 0.3) is 5.91 Å². The van der Waals surface area contributed by atoms with Gasteiger partial charge in [-0.2, -0.15) is 0 Å². The van der Waals surface area contributed by atoms with Gasteiger partial charge >= 0.3 is 6.03 Å². The van der Waals surface area contributed by atoms with Crippen LogP contribution in [0.4, 0.5) is 10.5 Å². The normalized spacial score (nSPS) is 18.3. The minimum Gasteiger partial charge on any atom is -0.326 e. The maximum Gasteiger partial charge on any atom is 0.325 e. The third-order valence-corrected chi connectivity index (χ3v) is 5.24. The molecular formula is C23H25N3O4. The first-order valence-corrected chi connectivity index (χ1v) is 10.0. The highest BCUT2D eigenvalue weighted by Gasteiger charge is 2.51. The van der Waals surface area contributed by atoms with Crippen LogP contribution in [0.15, 0.2) is 54.6 Å². The molecular weight excluding hydrogens is 382 g/mol. The summed E-state index contributed by atoms with van der Waals surface area (Å²) in [5.74, 6) is -0.879. The molecule has 0 spiro atoms. The van der Waals surface area contributed by atoms with Gasteiger partial charge in [-0.15, -0.1) is 0 Å². The molecule has 0 radical (unpaired) electrons. The first kappa shape index (κ1) is 21.2. The molecule has 7 nitrogen and oxygen atoms in total. The topological polar surface area (TPSA) is 95.6 Å². The van der Waals surface area contributed by atoms with Crippen LogP contribution in [-0.2, 0) is 15.1 Å². The number of carbonyl (C=O) groups excluding carboxylic acids is 4. The van der Waals surface area contributed by atoms with Gasteiger partial charge in [-0.05, 0) is 42.7 Å². The maximum absolute atomic E-state index is 13.1. The van der Waals surface area contributed by atoms with Crippen molar-refractivity contribution >= 4 is 29.3 Å². The van der Waals surface area contributed by atoms with E-state index >= 15 is 0 Å². The van der Waals surface area contributed by atoms with Gasteiger partial charge in [-0.1, -0.05) is 44.2 Å². The van der Waals surface area contributed by atoms with Crippen LogP contribution in [0.5, 0.6) is 0 Å². The summed E-state index contributed by atoms with van der Waals surface area (Å²) in [7, 11) is 0. The van der Waals surface area contributed by atoms with Crippen LogP contribution in [0.2, 0.25) is 0 Å². The number of urea groups is 1. The number of anilines is 1. The number of nitrogens with one attached hydrogen (secondary N) is 2. The van der Waals surface area contributed by atoms with Crippen LogP contribution in [0.1, 0.15) is 49.0 Å². The van der Waals surface area contributed by atoms with Gasteiger partial charge in [0.05, 0.1) is 6.54 Å². The average molecular weight is 407 g/mol. The number of hydrogen-bond donors (Lipinski definition) is 2. The van der Waals surface area contributed by atoms with E-state index in [1.54, 1.807) is 48.5 Å².